The number of ether oxygens (including phenoxy) is 1. The summed E-state index contributed by atoms with van der Waals surface area (Å²) in [4.78, 5) is 32.8. The number of hydrogen-bond acceptors (Lipinski definition) is 5. The van der Waals surface area contributed by atoms with E-state index in [1.807, 2.05) is 90.7 Å². The number of nitrogens with zero attached hydrogens (tertiary/aromatic N) is 3. The molecule has 2 aromatic carbocycles. The lowest BCUT2D eigenvalue weighted by atomic mass is 10.1. The summed E-state index contributed by atoms with van der Waals surface area (Å²) in [6, 6.07) is 20.7. The third kappa shape index (κ3) is 5.18. The normalized spacial score (nSPS) is 10.8. The maximum atomic E-state index is 13.0. The number of thiophene rings is 1. The fraction of sp³-hybridized carbons (Fsp3) is 0.192. The topological polar surface area (TPSA) is 76.5 Å². The van der Waals surface area contributed by atoms with Gasteiger partial charge in [0, 0.05) is 23.5 Å². The van der Waals surface area contributed by atoms with Crippen LogP contribution in [-0.2, 0) is 4.79 Å². The van der Waals surface area contributed by atoms with Crippen LogP contribution in [0.5, 0.6) is 5.75 Å². The molecule has 0 fully saturated rings. The number of aromatic nitrogens is 2. The number of imidazole rings is 1. The van der Waals surface area contributed by atoms with Crippen molar-refractivity contribution in [1.29, 1.82) is 0 Å². The second kappa shape index (κ2) is 10.4. The lowest BCUT2D eigenvalue weighted by Crippen LogP contribution is -2.42. The standard InChI is InChI=1S/C26H26N4O3S/c1-18(2)29(25(32)23-10-7-15-34-23)17-24(31)28-26-27-22(19-11-13-21(33-3)14-12-19)16-30(26)20-8-5-4-6-9-20/h4-16,18H,17H2,1-3H3,(H,27,28,31). The Kier molecular flexibility index (Phi) is 7.08. The maximum Gasteiger partial charge on any atom is 0.264 e. The van der Waals surface area contributed by atoms with Crippen LogP contribution >= 0.6 is 11.3 Å². The van der Waals surface area contributed by atoms with E-state index in [-0.39, 0.29) is 24.4 Å². The molecular weight excluding hydrogens is 448 g/mol. The first kappa shape index (κ1) is 23.3. The largest absolute Gasteiger partial charge is 0.497 e. The van der Waals surface area contributed by atoms with Gasteiger partial charge in [0.15, 0.2) is 0 Å². The van der Waals surface area contributed by atoms with Gasteiger partial charge in [0.1, 0.15) is 12.3 Å². The van der Waals surface area contributed by atoms with Gasteiger partial charge in [-0.15, -0.1) is 11.3 Å². The van der Waals surface area contributed by atoms with Gasteiger partial charge in [0.2, 0.25) is 11.9 Å². The van der Waals surface area contributed by atoms with Crippen LogP contribution in [0.1, 0.15) is 23.5 Å². The van der Waals surface area contributed by atoms with E-state index in [2.05, 4.69) is 10.3 Å². The number of anilines is 1. The van der Waals surface area contributed by atoms with Gasteiger partial charge in [-0.2, -0.15) is 0 Å². The fourth-order valence-electron chi connectivity index (χ4n) is 3.50. The van der Waals surface area contributed by atoms with E-state index < -0.39 is 0 Å². The van der Waals surface area contributed by atoms with Crippen molar-refractivity contribution < 1.29 is 14.3 Å². The molecule has 2 aromatic heterocycles. The Labute approximate surface area is 202 Å². The Hall–Kier alpha value is -3.91. The van der Waals surface area contributed by atoms with Crippen LogP contribution in [0.2, 0.25) is 0 Å². The van der Waals surface area contributed by atoms with Crippen molar-refractivity contribution >= 4 is 29.1 Å². The molecule has 0 radical (unpaired) electrons. The number of rotatable bonds is 8. The highest BCUT2D eigenvalue weighted by molar-refractivity contribution is 7.12. The molecule has 0 spiro atoms. The van der Waals surface area contributed by atoms with Gasteiger partial charge in [-0.25, -0.2) is 4.98 Å². The number of nitrogens with one attached hydrogen (secondary N) is 1. The summed E-state index contributed by atoms with van der Waals surface area (Å²) >= 11 is 1.36. The molecule has 2 heterocycles. The molecule has 0 aliphatic carbocycles. The molecule has 7 nitrogen and oxygen atoms in total. The highest BCUT2D eigenvalue weighted by atomic mass is 32.1. The van der Waals surface area contributed by atoms with E-state index in [9.17, 15) is 9.59 Å². The van der Waals surface area contributed by atoms with E-state index in [0.29, 0.717) is 16.5 Å². The number of carbonyl (C=O) groups is 2. The maximum absolute atomic E-state index is 13.0. The average molecular weight is 475 g/mol. The first-order valence-corrected chi connectivity index (χ1v) is 11.8. The second-order valence-electron chi connectivity index (χ2n) is 7.94. The summed E-state index contributed by atoms with van der Waals surface area (Å²) in [6.45, 7) is 3.71. The number of para-hydroxylation sites is 1. The van der Waals surface area contributed by atoms with Crippen LogP contribution in [0.4, 0.5) is 5.95 Å². The van der Waals surface area contributed by atoms with E-state index in [0.717, 1.165) is 17.0 Å². The Morgan fingerprint density at radius 3 is 2.41 bits per heavy atom. The summed E-state index contributed by atoms with van der Waals surface area (Å²) in [7, 11) is 1.62. The summed E-state index contributed by atoms with van der Waals surface area (Å²) in [5.41, 5.74) is 2.46. The van der Waals surface area contributed by atoms with Gasteiger partial charge < -0.3 is 9.64 Å². The first-order chi connectivity index (χ1) is 16.5. The van der Waals surface area contributed by atoms with Crippen molar-refractivity contribution in [2.45, 2.75) is 19.9 Å². The highest BCUT2D eigenvalue weighted by Gasteiger charge is 2.23. The lowest BCUT2D eigenvalue weighted by molar-refractivity contribution is -0.117. The Morgan fingerprint density at radius 1 is 1.06 bits per heavy atom. The monoisotopic (exact) mass is 474 g/mol. The third-order valence-electron chi connectivity index (χ3n) is 5.31. The minimum Gasteiger partial charge on any atom is -0.497 e. The smallest absolute Gasteiger partial charge is 0.264 e. The number of hydrogen-bond donors (Lipinski definition) is 1. The van der Waals surface area contributed by atoms with Gasteiger partial charge in [-0.1, -0.05) is 24.3 Å². The Bertz CT molecular complexity index is 1250. The molecule has 0 atom stereocenters. The van der Waals surface area contributed by atoms with Crippen LogP contribution in [0.25, 0.3) is 16.9 Å². The molecular formula is C26H26N4O3S. The SMILES string of the molecule is COc1ccc(-c2cn(-c3ccccc3)c(NC(=O)CN(C(=O)c3cccs3)C(C)C)n2)cc1. The number of methoxy groups -OCH3 is 1. The molecule has 0 bridgehead atoms. The fourth-order valence-corrected chi connectivity index (χ4v) is 4.18. The summed E-state index contributed by atoms with van der Waals surface area (Å²) in [5, 5.41) is 4.76. The van der Waals surface area contributed by atoms with Crippen molar-refractivity contribution in [2.24, 2.45) is 0 Å². The predicted molar refractivity (Wildman–Crippen MR) is 135 cm³/mol. The van der Waals surface area contributed by atoms with Gasteiger partial charge >= 0.3 is 0 Å². The van der Waals surface area contributed by atoms with E-state index >= 15 is 0 Å². The molecule has 174 valence electrons. The first-order valence-electron chi connectivity index (χ1n) is 10.9. The van der Waals surface area contributed by atoms with Crippen molar-refractivity contribution in [3.63, 3.8) is 0 Å². The molecule has 2 amide bonds. The molecule has 0 aliphatic rings. The molecule has 0 saturated heterocycles. The van der Waals surface area contributed by atoms with Gasteiger partial charge in [0.25, 0.3) is 5.91 Å². The van der Waals surface area contributed by atoms with Gasteiger partial charge in [0.05, 0.1) is 17.7 Å². The van der Waals surface area contributed by atoms with Crippen LogP contribution < -0.4 is 10.1 Å². The van der Waals surface area contributed by atoms with Crippen molar-refractivity contribution in [3.05, 3.63) is 83.2 Å². The Morgan fingerprint density at radius 2 is 1.79 bits per heavy atom. The van der Waals surface area contributed by atoms with Crippen LogP contribution in [-0.4, -0.2) is 46.0 Å². The molecule has 0 unspecified atom stereocenters. The van der Waals surface area contributed by atoms with E-state index in [1.54, 1.807) is 18.1 Å². The van der Waals surface area contributed by atoms with Gasteiger partial charge in [-0.3, -0.25) is 19.5 Å². The molecule has 0 saturated carbocycles. The zero-order chi connectivity index (χ0) is 24.1. The van der Waals surface area contributed by atoms with Crippen molar-refractivity contribution in [2.75, 3.05) is 19.0 Å². The molecule has 34 heavy (non-hydrogen) atoms. The minimum atomic E-state index is -0.317. The van der Waals surface area contributed by atoms with E-state index in [1.165, 1.54) is 11.3 Å². The quantitative estimate of drug-likeness (QED) is 0.386. The number of benzene rings is 2. The molecule has 8 heteroatoms. The molecule has 4 rings (SSSR count). The minimum absolute atomic E-state index is 0.0755. The summed E-state index contributed by atoms with van der Waals surface area (Å²) in [6.07, 6.45) is 1.88. The summed E-state index contributed by atoms with van der Waals surface area (Å²) < 4.78 is 7.08. The Balaban J connectivity index is 1.61. The summed E-state index contributed by atoms with van der Waals surface area (Å²) in [5.74, 6) is 0.659. The predicted octanol–water partition coefficient (Wildman–Crippen LogP) is 5.10. The molecule has 0 aliphatic heterocycles. The zero-order valence-electron chi connectivity index (χ0n) is 19.3. The van der Waals surface area contributed by atoms with Crippen molar-refractivity contribution in [3.8, 4) is 22.7 Å². The van der Waals surface area contributed by atoms with Crippen molar-refractivity contribution in [1.82, 2.24) is 14.5 Å². The zero-order valence-corrected chi connectivity index (χ0v) is 20.1. The van der Waals surface area contributed by atoms with E-state index in [4.69, 9.17) is 4.74 Å². The second-order valence-corrected chi connectivity index (χ2v) is 8.88. The highest BCUT2D eigenvalue weighted by Crippen LogP contribution is 2.26. The van der Waals surface area contributed by atoms with Crippen LogP contribution in [0.15, 0.2) is 78.3 Å². The van der Waals surface area contributed by atoms with Crippen LogP contribution in [0.3, 0.4) is 0 Å². The lowest BCUT2D eigenvalue weighted by Gasteiger charge is -2.25. The third-order valence-corrected chi connectivity index (χ3v) is 6.17. The average Bonchev–Trinajstić information content (AvgIpc) is 3.53. The number of amides is 2. The van der Waals surface area contributed by atoms with Gasteiger partial charge in [-0.05, 0) is 61.7 Å². The van der Waals surface area contributed by atoms with Crippen LogP contribution in [0, 0.1) is 0 Å². The molecule has 1 N–H and O–H groups in total. The number of carbonyl (C=O) groups excluding carboxylic acids is 2. The molecule has 4 aromatic rings.